The molecule has 0 saturated heterocycles. The molecule has 0 spiro atoms. The van der Waals surface area contributed by atoms with Crippen molar-refractivity contribution in [3.05, 3.63) is 66.1 Å². The Balaban J connectivity index is 1.84. The van der Waals surface area contributed by atoms with E-state index in [0.29, 0.717) is 18.2 Å². The van der Waals surface area contributed by atoms with Gasteiger partial charge in [-0.25, -0.2) is 0 Å². The molecule has 0 amide bonds. The number of ether oxygens (including phenoxy) is 1. The van der Waals surface area contributed by atoms with Gasteiger partial charge >= 0.3 is 0 Å². The highest BCUT2D eigenvalue weighted by Gasteiger charge is 2.11. The maximum absolute atomic E-state index is 5.70. The zero-order valence-corrected chi connectivity index (χ0v) is 11.1. The van der Waals surface area contributed by atoms with Crippen LogP contribution in [-0.2, 0) is 6.42 Å². The summed E-state index contributed by atoms with van der Waals surface area (Å²) in [5, 5.41) is 8.17. The first-order chi connectivity index (χ1) is 9.86. The van der Waals surface area contributed by atoms with Crippen LogP contribution in [0.3, 0.4) is 0 Å². The fourth-order valence-electron chi connectivity index (χ4n) is 2.03. The molecule has 0 fully saturated rings. The van der Waals surface area contributed by atoms with Gasteiger partial charge in [0.1, 0.15) is 5.75 Å². The quantitative estimate of drug-likeness (QED) is 0.726. The molecule has 0 N–H and O–H groups in total. The van der Waals surface area contributed by atoms with Crippen molar-refractivity contribution in [3.63, 3.8) is 0 Å². The van der Waals surface area contributed by atoms with Crippen LogP contribution in [0.4, 0.5) is 0 Å². The standard InChI is InChI=1S/C16H14N2O2/c1-19-14-10-6-5-9-13(14)11-15-17-18-16(20-15)12-7-3-2-4-8-12/h2-10H,11H2,1H3. The average molecular weight is 266 g/mol. The molecule has 1 aromatic heterocycles. The second-order valence-corrected chi connectivity index (χ2v) is 4.36. The molecule has 0 aliphatic carbocycles. The van der Waals surface area contributed by atoms with Gasteiger partial charge in [-0.2, -0.15) is 0 Å². The summed E-state index contributed by atoms with van der Waals surface area (Å²) in [4.78, 5) is 0. The van der Waals surface area contributed by atoms with E-state index < -0.39 is 0 Å². The largest absolute Gasteiger partial charge is 0.496 e. The third-order valence-electron chi connectivity index (χ3n) is 3.02. The molecular weight excluding hydrogens is 252 g/mol. The topological polar surface area (TPSA) is 48.2 Å². The second-order valence-electron chi connectivity index (χ2n) is 4.36. The molecule has 0 aliphatic heterocycles. The van der Waals surface area contributed by atoms with Crippen LogP contribution >= 0.6 is 0 Å². The van der Waals surface area contributed by atoms with Gasteiger partial charge in [-0.15, -0.1) is 10.2 Å². The number of nitrogens with zero attached hydrogens (tertiary/aromatic N) is 2. The summed E-state index contributed by atoms with van der Waals surface area (Å²) in [5.74, 6) is 1.94. The predicted octanol–water partition coefficient (Wildman–Crippen LogP) is 3.34. The maximum atomic E-state index is 5.70. The molecular formula is C16H14N2O2. The van der Waals surface area contributed by atoms with Crippen molar-refractivity contribution in [2.45, 2.75) is 6.42 Å². The van der Waals surface area contributed by atoms with E-state index in [0.717, 1.165) is 16.9 Å². The van der Waals surface area contributed by atoms with E-state index in [9.17, 15) is 0 Å². The predicted molar refractivity (Wildman–Crippen MR) is 75.5 cm³/mol. The van der Waals surface area contributed by atoms with Crippen LogP contribution in [0.15, 0.2) is 59.0 Å². The van der Waals surface area contributed by atoms with Crippen LogP contribution in [0.25, 0.3) is 11.5 Å². The Labute approximate surface area is 117 Å². The van der Waals surface area contributed by atoms with E-state index in [-0.39, 0.29) is 0 Å². The SMILES string of the molecule is COc1ccccc1Cc1nnc(-c2ccccc2)o1. The number of benzene rings is 2. The summed E-state index contributed by atoms with van der Waals surface area (Å²) in [6.07, 6.45) is 0.559. The first-order valence-corrected chi connectivity index (χ1v) is 6.36. The number of aromatic nitrogens is 2. The van der Waals surface area contributed by atoms with E-state index in [4.69, 9.17) is 9.15 Å². The highest BCUT2D eigenvalue weighted by molar-refractivity contribution is 5.51. The minimum absolute atomic E-state index is 0.537. The van der Waals surface area contributed by atoms with Gasteiger partial charge in [0.25, 0.3) is 0 Å². The fourth-order valence-corrected chi connectivity index (χ4v) is 2.03. The van der Waals surface area contributed by atoms with Crippen LogP contribution in [0.5, 0.6) is 5.75 Å². The molecule has 3 aromatic rings. The van der Waals surface area contributed by atoms with Gasteiger partial charge in [0.15, 0.2) is 0 Å². The monoisotopic (exact) mass is 266 g/mol. The summed E-state index contributed by atoms with van der Waals surface area (Å²) < 4.78 is 11.0. The van der Waals surface area contributed by atoms with Crippen molar-refractivity contribution < 1.29 is 9.15 Å². The van der Waals surface area contributed by atoms with Gasteiger partial charge in [0, 0.05) is 11.1 Å². The number of methoxy groups -OCH3 is 1. The summed E-state index contributed by atoms with van der Waals surface area (Å²) in [6, 6.07) is 17.5. The molecule has 20 heavy (non-hydrogen) atoms. The molecule has 2 aromatic carbocycles. The Morgan fingerprint density at radius 2 is 1.70 bits per heavy atom. The first-order valence-electron chi connectivity index (χ1n) is 6.36. The average Bonchev–Trinajstić information content (AvgIpc) is 2.97. The Kier molecular flexibility index (Phi) is 3.46. The van der Waals surface area contributed by atoms with Crippen molar-refractivity contribution in [1.29, 1.82) is 0 Å². The van der Waals surface area contributed by atoms with Gasteiger partial charge in [0.2, 0.25) is 11.8 Å². The number of hydrogen-bond donors (Lipinski definition) is 0. The number of rotatable bonds is 4. The Morgan fingerprint density at radius 3 is 2.50 bits per heavy atom. The molecule has 0 saturated carbocycles. The molecule has 0 aliphatic rings. The van der Waals surface area contributed by atoms with E-state index in [1.165, 1.54) is 0 Å². The number of para-hydroxylation sites is 1. The van der Waals surface area contributed by atoms with Crippen LogP contribution in [0.1, 0.15) is 11.5 Å². The zero-order chi connectivity index (χ0) is 13.8. The lowest BCUT2D eigenvalue weighted by molar-refractivity contribution is 0.408. The Hall–Kier alpha value is -2.62. The maximum Gasteiger partial charge on any atom is 0.247 e. The minimum atomic E-state index is 0.537. The Bertz CT molecular complexity index is 692. The molecule has 0 atom stereocenters. The van der Waals surface area contributed by atoms with Crippen molar-refractivity contribution in [2.24, 2.45) is 0 Å². The second kappa shape index (κ2) is 5.57. The summed E-state index contributed by atoms with van der Waals surface area (Å²) >= 11 is 0. The molecule has 1 heterocycles. The van der Waals surface area contributed by atoms with Gasteiger partial charge in [-0.3, -0.25) is 0 Å². The Morgan fingerprint density at radius 1 is 0.950 bits per heavy atom. The van der Waals surface area contributed by atoms with Gasteiger partial charge < -0.3 is 9.15 Å². The summed E-state index contributed by atoms with van der Waals surface area (Å²) in [5.41, 5.74) is 1.95. The molecule has 0 unspecified atom stereocenters. The van der Waals surface area contributed by atoms with Crippen molar-refractivity contribution >= 4 is 0 Å². The third-order valence-corrected chi connectivity index (χ3v) is 3.02. The smallest absolute Gasteiger partial charge is 0.247 e. The third kappa shape index (κ3) is 2.54. The van der Waals surface area contributed by atoms with Crippen LogP contribution in [-0.4, -0.2) is 17.3 Å². The molecule has 4 heteroatoms. The fraction of sp³-hybridized carbons (Fsp3) is 0.125. The van der Waals surface area contributed by atoms with Crippen LogP contribution < -0.4 is 4.74 Å². The highest BCUT2D eigenvalue weighted by atomic mass is 16.5. The lowest BCUT2D eigenvalue weighted by Crippen LogP contribution is -1.93. The van der Waals surface area contributed by atoms with E-state index >= 15 is 0 Å². The van der Waals surface area contributed by atoms with Crippen molar-refractivity contribution in [1.82, 2.24) is 10.2 Å². The van der Waals surface area contributed by atoms with Gasteiger partial charge in [-0.1, -0.05) is 36.4 Å². The first kappa shape index (κ1) is 12.4. The molecule has 0 radical (unpaired) electrons. The minimum Gasteiger partial charge on any atom is -0.496 e. The zero-order valence-electron chi connectivity index (χ0n) is 11.1. The molecule has 0 bridgehead atoms. The van der Waals surface area contributed by atoms with Crippen LogP contribution in [0.2, 0.25) is 0 Å². The van der Waals surface area contributed by atoms with Crippen molar-refractivity contribution in [2.75, 3.05) is 7.11 Å². The highest BCUT2D eigenvalue weighted by Crippen LogP contribution is 2.22. The van der Waals surface area contributed by atoms with E-state index in [2.05, 4.69) is 10.2 Å². The normalized spacial score (nSPS) is 10.4. The van der Waals surface area contributed by atoms with Gasteiger partial charge in [-0.05, 0) is 18.2 Å². The van der Waals surface area contributed by atoms with Crippen LogP contribution in [0, 0.1) is 0 Å². The van der Waals surface area contributed by atoms with Crippen molar-refractivity contribution in [3.8, 4) is 17.2 Å². The van der Waals surface area contributed by atoms with E-state index in [1.54, 1.807) is 7.11 Å². The lowest BCUT2D eigenvalue weighted by atomic mass is 10.1. The lowest BCUT2D eigenvalue weighted by Gasteiger charge is -2.05. The summed E-state index contributed by atoms with van der Waals surface area (Å²) in [7, 11) is 1.65. The molecule has 3 rings (SSSR count). The summed E-state index contributed by atoms with van der Waals surface area (Å²) in [6.45, 7) is 0. The molecule has 100 valence electrons. The van der Waals surface area contributed by atoms with E-state index in [1.807, 2.05) is 54.6 Å². The van der Waals surface area contributed by atoms with Gasteiger partial charge in [0.05, 0.1) is 13.5 Å². The molecule has 4 nitrogen and oxygen atoms in total. The number of hydrogen-bond acceptors (Lipinski definition) is 4.